The molecular formula is C12H17BrClN. The smallest absolute Gasteiger partial charge is 0.0410 e. The summed E-state index contributed by atoms with van der Waals surface area (Å²) in [6.45, 7) is 4.33. The molecule has 0 fully saturated rings. The summed E-state index contributed by atoms with van der Waals surface area (Å²) in [5.74, 6) is 0.562. The van der Waals surface area contributed by atoms with Crippen LogP contribution in [0, 0.1) is 5.92 Å². The molecule has 1 heterocycles. The van der Waals surface area contributed by atoms with Crippen molar-refractivity contribution in [1.29, 1.82) is 0 Å². The van der Waals surface area contributed by atoms with Crippen LogP contribution in [0.4, 0.5) is 0 Å². The second-order valence-corrected chi connectivity index (χ2v) is 5.64. The topological polar surface area (TPSA) is 12.9 Å². The van der Waals surface area contributed by atoms with Gasteiger partial charge in [0, 0.05) is 22.2 Å². The van der Waals surface area contributed by atoms with Gasteiger partial charge < -0.3 is 0 Å². The van der Waals surface area contributed by atoms with Gasteiger partial charge in [-0.3, -0.25) is 4.98 Å². The Morgan fingerprint density at radius 2 is 2.13 bits per heavy atom. The van der Waals surface area contributed by atoms with Gasteiger partial charge >= 0.3 is 0 Å². The van der Waals surface area contributed by atoms with E-state index >= 15 is 0 Å². The van der Waals surface area contributed by atoms with Crippen molar-refractivity contribution in [3.05, 3.63) is 28.5 Å². The fourth-order valence-corrected chi connectivity index (χ4v) is 1.99. The minimum absolute atomic E-state index is 0.296. The first-order valence-electron chi connectivity index (χ1n) is 5.33. The highest BCUT2D eigenvalue weighted by Crippen LogP contribution is 2.18. The van der Waals surface area contributed by atoms with E-state index in [0.29, 0.717) is 11.3 Å². The first-order chi connectivity index (χ1) is 7.09. The molecule has 84 valence electrons. The van der Waals surface area contributed by atoms with Crippen LogP contribution in [0.25, 0.3) is 0 Å². The van der Waals surface area contributed by atoms with Crippen molar-refractivity contribution in [3.8, 4) is 0 Å². The highest BCUT2D eigenvalue weighted by molar-refractivity contribution is 9.10. The van der Waals surface area contributed by atoms with Crippen molar-refractivity contribution in [2.45, 2.75) is 38.5 Å². The molecule has 1 rings (SSSR count). The van der Waals surface area contributed by atoms with E-state index in [0.717, 1.165) is 23.7 Å². The third-order valence-corrected chi connectivity index (χ3v) is 3.59. The molecule has 1 aromatic rings. The predicted octanol–water partition coefficient (Wildman–Crippen LogP) is 4.43. The summed E-state index contributed by atoms with van der Waals surface area (Å²) in [5, 5.41) is 0.296. The van der Waals surface area contributed by atoms with Gasteiger partial charge in [0.1, 0.15) is 0 Å². The van der Waals surface area contributed by atoms with E-state index in [4.69, 9.17) is 11.6 Å². The summed E-state index contributed by atoms with van der Waals surface area (Å²) < 4.78 is 1.05. The van der Waals surface area contributed by atoms with Gasteiger partial charge in [-0.25, -0.2) is 0 Å². The molecule has 0 saturated carbocycles. The summed E-state index contributed by atoms with van der Waals surface area (Å²) in [7, 11) is 0. The highest BCUT2D eigenvalue weighted by Gasteiger charge is 2.08. The van der Waals surface area contributed by atoms with E-state index in [1.54, 1.807) is 0 Å². The normalized spacial score (nSPS) is 13.1. The van der Waals surface area contributed by atoms with E-state index < -0.39 is 0 Å². The lowest BCUT2D eigenvalue weighted by Gasteiger charge is -2.12. The van der Waals surface area contributed by atoms with Gasteiger partial charge in [-0.2, -0.15) is 0 Å². The van der Waals surface area contributed by atoms with E-state index in [2.05, 4.69) is 40.8 Å². The van der Waals surface area contributed by atoms with Crippen LogP contribution in [-0.2, 0) is 6.42 Å². The molecule has 0 N–H and O–H groups in total. The molecule has 0 aromatic carbocycles. The van der Waals surface area contributed by atoms with Gasteiger partial charge in [0.25, 0.3) is 0 Å². The second kappa shape index (κ2) is 6.49. The monoisotopic (exact) mass is 289 g/mol. The zero-order valence-electron chi connectivity index (χ0n) is 9.21. The average molecular weight is 291 g/mol. The maximum atomic E-state index is 6.19. The summed E-state index contributed by atoms with van der Waals surface area (Å²) >= 11 is 9.61. The third kappa shape index (κ3) is 4.98. The van der Waals surface area contributed by atoms with Crippen LogP contribution in [0.1, 0.15) is 32.3 Å². The molecule has 0 aliphatic carbocycles. The van der Waals surface area contributed by atoms with Crippen LogP contribution in [0.3, 0.4) is 0 Å². The minimum Gasteiger partial charge on any atom is -0.263 e. The number of aromatic nitrogens is 1. The van der Waals surface area contributed by atoms with E-state index in [1.165, 1.54) is 5.56 Å². The van der Waals surface area contributed by atoms with Crippen molar-refractivity contribution >= 4 is 27.5 Å². The molecular weight excluding hydrogens is 273 g/mol. The van der Waals surface area contributed by atoms with Crippen LogP contribution in [0.15, 0.2) is 22.9 Å². The Morgan fingerprint density at radius 1 is 1.40 bits per heavy atom. The Morgan fingerprint density at radius 3 is 2.73 bits per heavy atom. The van der Waals surface area contributed by atoms with Gasteiger partial charge in [0.15, 0.2) is 0 Å². The Balaban J connectivity index is 2.32. The van der Waals surface area contributed by atoms with Gasteiger partial charge in [-0.15, -0.1) is 11.6 Å². The molecule has 0 saturated heterocycles. The number of hydrogen-bond acceptors (Lipinski definition) is 1. The molecule has 0 aliphatic rings. The lowest BCUT2D eigenvalue weighted by molar-refractivity contribution is 0.547. The number of pyridine rings is 1. The van der Waals surface area contributed by atoms with Crippen molar-refractivity contribution in [2.75, 3.05) is 0 Å². The zero-order valence-corrected chi connectivity index (χ0v) is 11.6. The highest BCUT2D eigenvalue weighted by atomic mass is 79.9. The molecule has 15 heavy (non-hydrogen) atoms. The van der Waals surface area contributed by atoms with Crippen molar-refractivity contribution in [3.63, 3.8) is 0 Å². The maximum absolute atomic E-state index is 6.19. The lowest BCUT2D eigenvalue weighted by atomic mass is 10.0. The minimum atomic E-state index is 0.296. The van der Waals surface area contributed by atoms with E-state index in [9.17, 15) is 0 Å². The SMILES string of the molecule is CC(C)C(Cl)CCCc1cncc(Br)c1. The van der Waals surface area contributed by atoms with Gasteiger partial charge in [-0.1, -0.05) is 13.8 Å². The van der Waals surface area contributed by atoms with Crippen LogP contribution in [0.5, 0.6) is 0 Å². The van der Waals surface area contributed by atoms with Crippen molar-refractivity contribution < 1.29 is 0 Å². The maximum Gasteiger partial charge on any atom is 0.0410 e. The molecule has 0 aliphatic heterocycles. The van der Waals surface area contributed by atoms with Crippen molar-refractivity contribution in [1.82, 2.24) is 4.98 Å². The predicted molar refractivity (Wildman–Crippen MR) is 69.4 cm³/mol. The molecule has 3 heteroatoms. The number of aryl methyl sites for hydroxylation is 1. The fourth-order valence-electron chi connectivity index (χ4n) is 1.43. The molecule has 0 bridgehead atoms. The second-order valence-electron chi connectivity index (χ2n) is 4.16. The van der Waals surface area contributed by atoms with E-state index in [1.807, 2.05) is 12.4 Å². The first-order valence-corrected chi connectivity index (χ1v) is 6.56. The van der Waals surface area contributed by atoms with E-state index in [-0.39, 0.29) is 0 Å². The van der Waals surface area contributed by atoms with Gasteiger partial charge in [-0.05, 0) is 52.7 Å². The standard InChI is InChI=1S/C12H17BrClN/c1-9(2)12(14)5-3-4-10-6-11(13)8-15-7-10/h6-9,12H,3-5H2,1-2H3. The molecule has 1 aromatic heterocycles. The third-order valence-electron chi connectivity index (χ3n) is 2.43. The number of rotatable bonds is 5. The zero-order chi connectivity index (χ0) is 11.3. The van der Waals surface area contributed by atoms with Crippen LogP contribution < -0.4 is 0 Å². The lowest BCUT2D eigenvalue weighted by Crippen LogP contribution is -2.07. The Labute approximate surface area is 105 Å². The summed E-state index contributed by atoms with van der Waals surface area (Å²) in [4.78, 5) is 4.14. The van der Waals surface area contributed by atoms with Crippen LogP contribution >= 0.6 is 27.5 Å². The molecule has 0 spiro atoms. The number of hydrogen-bond donors (Lipinski definition) is 0. The molecule has 1 unspecified atom stereocenters. The summed E-state index contributed by atoms with van der Waals surface area (Å²) in [6, 6.07) is 2.12. The fraction of sp³-hybridized carbons (Fsp3) is 0.583. The quantitative estimate of drug-likeness (QED) is 0.731. The molecule has 1 atom stereocenters. The molecule has 1 nitrogen and oxygen atoms in total. The Hall–Kier alpha value is -0.0800. The summed E-state index contributed by atoms with van der Waals surface area (Å²) in [5.41, 5.74) is 1.27. The first kappa shape index (κ1) is 13.0. The largest absolute Gasteiger partial charge is 0.263 e. The number of nitrogens with zero attached hydrogens (tertiary/aromatic N) is 1. The van der Waals surface area contributed by atoms with Gasteiger partial charge in [0.2, 0.25) is 0 Å². The number of alkyl halides is 1. The van der Waals surface area contributed by atoms with Gasteiger partial charge in [0.05, 0.1) is 0 Å². The van der Waals surface area contributed by atoms with Crippen molar-refractivity contribution in [2.24, 2.45) is 5.92 Å². The van der Waals surface area contributed by atoms with Crippen LogP contribution in [0.2, 0.25) is 0 Å². The Bertz CT molecular complexity index is 301. The Kier molecular flexibility index (Phi) is 5.62. The molecule has 0 amide bonds. The van der Waals surface area contributed by atoms with Crippen LogP contribution in [-0.4, -0.2) is 10.4 Å². The number of halogens is 2. The summed E-state index contributed by atoms with van der Waals surface area (Å²) in [6.07, 6.45) is 6.99. The molecule has 0 radical (unpaired) electrons. The average Bonchev–Trinajstić information content (AvgIpc) is 2.17.